The quantitative estimate of drug-likeness (QED) is 0.173. The maximum Gasteiger partial charge on any atom is 0.198 e. The molecule has 14 heteroatoms. The summed E-state index contributed by atoms with van der Waals surface area (Å²) >= 11 is 0. The van der Waals surface area contributed by atoms with E-state index in [0.717, 1.165) is 0 Å². The van der Waals surface area contributed by atoms with Gasteiger partial charge in [0, 0.05) is 54.0 Å². The minimum absolute atomic E-state index is 0.0153. The Morgan fingerprint density at radius 2 is 1.54 bits per heavy atom. The van der Waals surface area contributed by atoms with Gasteiger partial charge in [0.05, 0.1) is 41.6 Å². The van der Waals surface area contributed by atoms with Crippen molar-refractivity contribution in [3.63, 3.8) is 0 Å². The van der Waals surface area contributed by atoms with E-state index in [1.54, 1.807) is 26.0 Å². The smallest absolute Gasteiger partial charge is 0.198 e. The zero-order valence-corrected chi connectivity index (χ0v) is 25.2. The Morgan fingerprint density at radius 3 is 2.13 bits per heavy atom. The van der Waals surface area contributed by atoms with Crippen LogP contribution in [0.15, 0.2) is 24.3 Å². The Kier molecular flexibility index (Phi) is 8.54. The van der Waals surface area contributed by atoms with Crippen LogP contribution in [0.1, 0.15) is 82.2 Å². The van der Waals surface area contributed by atoms with E-state index in [4.69, 9.17) is 24.7 Å². The normalized spacial score (nSPS) is 35.7. The van der Waals surface area contributed by atoms with Crippen molar-refractivity contribution in [2.75, 3.05) is 6.61 Å². The number of rotatable bonds is 6. The largest absolute Gasteiger partial charge is 0.507 e. The van der Waals surface area contributed by atoms with E-state index in [1.165, 1.54) is 12.1 Å². The molecule has 8 N–H and O–H groups in total. The molecule has 2 heterocycles. The van der Waals surface area contributed by atoms with Crippen LogP contribution in [0, 0.1) is 0 Å². The molecule has 0 radical (unpaired) electrons. The number of aromatic hydroxyl groups is 2. The summed E-state index contributed by atoms with van der Waals surface area (Å²) < 4.78 is 23.8. The maximum absolute atomic E-state index is 13.5. The van der Waals surface area contributed by atoms with Gasteiger partial charge in [0.1, 0.15) is 29.8 Å². The van der Waals surface area contributed by atoms with Crippen LogP contribution in [-0.4, -0.2) is 109 Å². The second-order valence-corrected chi connectivity index (χ2v) is 12.5. The minimum Gasteiger partial charge on any atom is -0.507 e. The summed E-state index contributed by atoms with van der Waals surface area (Å²) in [6.45, 7) is 2.23. The number of ether oxygens (including phenoxy) is 4. The predicted molar refractivity (Wildman–Crippen MR) is 155 cm³/mol. The van der Waals surface area contributed by atoms with E-state index < -0.39 is 120 Å². The molecule has 8 unspecified atom stereocenters. The maximum atomic E-state index is 13.5. The topological polar surface area (TPSA) is 236 Å². The molecule has 46 heavy (non-hydrogen) atoms. The molecule has 2 aromatic rings. The highest BCUT2D eigenvalue weighted by molar-refractivity contribution is 6.30. The number of phenolic OH excluding ortho intramolecular Hbond substituents is 2. The molecule has 0 bridgehead atoms. The monoisotopic (exact) mass is 643 g/mol. The molecule has 0 spiro atoms. The molecule has 10 atom stereocenters. The number of carbonyl (C=O) groups is 3. The third-order valence-corrected chi connectivity index (χ3v) is 9.45. The van der Waals surface area contributed by atoms with Gasteiger partial charge in [0.25, 0.3) is 0 Å². The van der Waals surface area contributed by atoms with E-state index in [-0.39, 0.29) is 35.1 Å². The summed E-state index contributed by atoms with van der Waals surface area (Å²) in [7, 11) is 0. The van der Waals surface area contributed by atoms with Crippen molar-refractivity contribution in [1.82, 2.24) is 0 Å². The van der Waals surface area contributed by atoms with Gasteiger partial charge in [0.15, 0.2) is 29.9 Å². The van der Waals surface area contributed by atoms with Crippen LogP contribution in [0.4, 0.5) is 0 Å². The average molecular weight is 644 g/mol. The van der Waals surface area contributed by atoms with Crippen molar-refractivity contribution < 1.29 is 64.0 Å². The van der Waals surface area contributed by atoms with Crippen molar-refractivity contribution in [3.8, 4) is 11.5 Å². The lowest BCUT2D eigenvalue weighted by Gasteiger charge is -2.44. The van der Waals surface area contributed by atoms with Crippen LogP contribution in [0.25, 0.3) is 0 Å². The molecule has 2 aromatic carbocycles. The van der Waals surface area contributed by atoms with E-state index >= 15 is 0 Å². The Bertz CT molecular complexity index is 1550. The average Bonchev–Trinajstić information content (AvgIpc) is 3.01. The molecule has 2 fully saturated rings. The molecule has 4 aliphatic rings. The highest BCUT2D eigenvalue weighted by Gasteiger charge is 2.50. The van der Waals surface area contributed by atoms with Crippen LogP contribution < -0.4 is 5.73 Å². The number of hydrogen-bond donors (Lipinski definition) is 7. The van der Waals surface area contributed by atoms with Gasteiger partial charge in [-0.25, -0.2) is 0 Å². The van der Waals surface area contributed by atoms with Gasteiger partial charge >= 0.3 is 0 Å². The van der Waals surface area contributed by atoms with Gasteiger partial charge in [-0.1, -0.05) is 24.3 Å². The predicted octanol–water partition coefficient (Wildman–Crippen LogP) is -0.126. The highest BCUT2D eigenvalue weighted by atomic mass is 16.7. The van der Waals surface area contributed by atoms with Crippen molar-refractivity contribution in [3.05, 3.63) is 57.6 Å². The third-order valence-electron chi connectivity index (χ3n) is 9.45. The molecular weight excluding hydrogens is 606 g/mol. The zero-order valence-electron chi connectivity index (χ0n) is 25.2. The van der Waals surface area contributed by atoms with E-state index in [0.29, 0.717) is 0 Å². The number of aliphatic hydroxyl groups excluding tert-OH is 3. The number of carbonyl (C=O) groups excluding carboxylic acids is 3. The fourth-order valence-corrected chi connectivity index (χ4v) is 7.00. The Labute approximate surface area is 263 Å². The number of aliphatic hydroxyl groups is 4. The summed E-state index contributed by atoms with van der Waals surface area (Å²) in [5.41, 5.74) is 2.51. The molecule has 14 nitrogen and oxygen atoms in total. The molecule has 0 saturated carbocycles. The fourth-order valence-electron chi connectivity index (χ4n) is 7.00. The zero-order chi connectivity index (χ0) is 33.2. The van der Waals surface area contributed by atoms with Gasteiger partial charge < -0.3 is 55.3 Å². The first kappa shape index (κ1) is 32.6. The van der Waals surface area contributed by atoms with Crippen LogP contribution in [0.3, 0.4) is 0 Å². The van der Waals surface area contributed by atoms with Gasteiger partial charge in [-0.2, -0.15) is 0 Å². The van der Waals surface area contributed by atoms with Gasteiger partial charge in [-0.3, -0.25) is 14.4 Å². The lowest BCUT2D eigenvalue weighted by molar-refractivity contribution is -0.311. The summed E-state index contributed by atoms with van der Waals surface area (Å²) in [5.74, 6) is -3.80. The summed E-state index contributed by atoms with van der Waals surface area (Å²) in [4.78, 5) is 39.7. The van der Waals surface area contributed by atoms with E-state index in [1.807, 2.05) is 0 Å². The number of fused-ring (bicyclic) bond motifs is 3. The second-order valence-electron chi connectivity index (χ2n) is 12.5. The van der Waals surface area contributed by atoms with Crippen molar-refractivity contribution in [2.45, 2.75) is 100 Å². The van der Waals surface area contributed by atoms with Crippen LogP contribution >= 0.6 is 0 Å². The third kappa shape index (κ3) is 5.33. The van der Waals surface area contributed by atoms with Crippen molar-refractivity contribution >= 4 is 17.3 Å². The molecule has 0 aromatic heterocycles. The summed E-state index contributed by atoms with van der Waals surface area (Å²) in [6.07, 6.45) is -8.83. The summed E-state index contributed by atoms with van der Waals surface area (Å²) in [6, 6.07) is 5.34. The first-order valence-electron chi connectivity index (χ1n) is 15.1. The standard InChI is InChI=1S/C32H37NO13/c1-12-26(37)17(33)7-21(43-12)46-31-13(2)44-22(8-18(31)35)45-19-10-32(42,20(36)11-34)9-16-23(19)30(41)25-24(29(16)40)27(38)14-5-3-4-6-15(14)28(25)39/h3-6,12-13,17-19,21-22,26,31,34-35,37,40-42H,7-11,33H2,1-2H3/t12?,13?,17?,18?,19-,21?,22?,26?,31?,32-/m0/s1. The van der Waals surface area contributed by atoms with Crippen molar-refractivity contribution in [1.29, 1.82) is 0 Å². The van der Waals surface area contributed by atoms with Gasteiger partial charge in [0.2, 0.25) is 0 Å². The number of phenols is 2. The number of benzene rings is 2. The van der Waals surface area contributed by atoms with Crippen LogP contribution in [0.5, 0.6) is 11.5 Å². The molecule has 2 saturated heterocycles. The number of ketones is 3. The fraction of sp³-hybridized carbons (Fsp3) is 0.531. The molecule has 6 rings (SSSR count). The molecule has 2 aliphatic heterocycles. The minimum atomic E-state index is -2.28. The number of hydrogen-bond acceptors (Lipinski definition) is 14. The Balaban J connectivity index is 1.31. The SMILES string of the molecule is CC1OC(OC2C(O)CC(O[C@H]3C[C@](O)(C(=O)CO)Cc4c(O)c5c(c(O)c43)C(=O)c3ccccc3C5=O)OC2C)CC(N)C1O. The molecule has 2 aliphatic carbocycles. The second kappa shape index (κ2) is 12.0. The molecular formula is C32H37NO13. The van der Waals surface area contributed by atoms with Crippen LogP contribution in [0.2, 0.25) is 0 Å². The highest BCUT2D eigenvalue weighted by Crippen LogP contribution is 2.52. The first-order chi connectivity index (χ1) is 21.7. The Morgan fingerprint density at radius 1 is 0.957 bits per heavy atom. The molecule has 0 amide bonds. The lowest BCUT2D eigenvalue weighted by Crippen LogP contribution is -2.56. The first-order valence-corrected chi connectivity index (χ1v) is 15.1. The number of Topliss-reactive ketones (excluding diaryl/α,β-unsaturated/α-hetero) is 1. The molecule has 248 valence electrons. The van der Waals surface area contributed by atoms with Crippen LogP contribution in [-0.2, 0) is 30.2 Å². The van der Waals surface area contributed by atoms with Gasteiger partial charge in [-0.15, -0.1) is 0 Å². The lowest BCUT2D eigenvalue weighted by atomic mass is 9.72. The summed E-state index contributed by atoms with van der Waals surface area (Å²) in [5, 5.41) is 65.1. The van der Waals surface area contributed by atoms with E-state index in [2.05, 4.69) is 0 Å². The Hall–Kier alpha value is -3.31. The van der Waals surface area contributed by atoms with Crippen molar-refractivity contribution in [2.24, 2.45) is 5.73 Å². The van der Waals surface area contributed by atoms with E-state index in [9.17, 15) is 45.0 Å². The number of nitrogens with two attached hydrogens (primary N) is 1. The van der Waals surface area contributed by atoms with Gasteiger partial charge in [-0.05, 0) is 13.8 Å².